The molecule has 3 aromatic rings. The van der Waals surface area contributed by atoms with Crippen molar-refractivity contribution < 1.29 is 23.2 Å². The summed E-state index contributed by atoms with van der Waals surface area (Å²) in [6.45, 7) is 1.91. The van der Waals surface area contributed by atoms with Crippen LogP contribution >= 0.6 is 0 Å². The molecule has 0 unspecified atom stereocenters. The summed E-state index contributed by atoms with van der Waals surface area (Å²) in [4.78, 5) is 23.8. The van der Waals surface area contributed by atoms with Gasteiger partial charge in [-0.25, -0.2) is 0 Å². The zero-order valence-electron chi connectivity index (χ0n) is 13.4. The van der Waals surface area contributed by atoms with Gasteiger partial charge in [0, 0.05) is 0 Å². The van der Waals surface area contributed by atoms with E-state index in [1.54, 1.807) is 19.1 Å². The van der Waals surface area contributed by atoms with Crippen LogP contribution in [0.5, 0.6) is 5.75 Å². The zero-order chi connectivity index (χ0) is 17.6. The maximum Gasteiger partial charge on any atom is 0.305 e. The smallest absolute Gasteiger partial charge is 0.305 e. The molecule has 2 heterocycles. The van der Waals surface area contributed by atoms with Crippen molar-refractivity contribution in [3.8, 4) is 5.75 Å². The van der Waals surface area contributed by atoms with E-state index in [4.69, 9.17) is 13.6 Å². The third-order valence-electron chi connectivity index (χ3n) is 3.26. The normalized spacial score (nSPS) is 10.3. The van der Waals surface area contributed by atoms with Gasteiger partial charge in [-0.2, -0.15) is 0 Å². The topological polar surface area (TPSA) is 93.7 Å². The number of rotatable bonds is 5. The van der Waals surface area contributed by atoms with Crippen molar-refractivity contribution in [1.29, 1.82) is 0 Å². The number of hydrogen-bond acceptors (Lipinski definition) is 5. The fourth-order valence-electron chi connectivity index (χ4n) is 2.04. The van der Waals surface area contributed by atoms with E-state index in [2.05, 4.69) is 10.9 Å². The van der Waals surface area contributed by atoms with Gasteiger partial charge in [0.05, 0.1) is 0 Å². The van der Waals surface area contributed by atoms with Gasteiger partial charge in [0.2, 0.25) is 0 Å². The van der Waals surface area contributed by atoms with Gasteiger partial charge in [-0.1, -0.05) is 18.2 Å². The fraction of sp³-hybridized carbons (Fsp3) is 0.111. The molecule has 0 radical (unpaired) electrons. The first-order valence-corrected chi connectivity index (χ1v) is 7.55. The lowest BCUT2D eigenvalue weighted by molar-refractivity contribution is 0.0814. The number of hydrogen-bond donors (Lipinski definition) is 2. The minimum atomic E-state index is -0.581. The second-order valence-electron chi connectivity index (χ2n) is 5.19. The molecule has 1 aromatic carbocycles. The zero-order valence-corrected chi connectivity index (χ0v) is 13.4. The van der Waals surface area contributed by atoms with Crippen LogP contribution in [-0.2, 0) is 6.61 Å². The number of ether oxygens (including phenoxy) is 1. The van der Waals surface area contributed by atoms with E-state index in [1.807, 2.05) is 30.3 Å². The molecule has 0 saturated carbocycles. The third-order valence-corrected chi connectivity index (χ3v) is 3.26. The minimum Gasteiger partial charge on any atom is -0.486 e. The van der Waals surface area contributed by atoms with Crippen LogP contribution in [0.1, 0.15) is 32.6 Å². The van der Waals surface area contributed by atoms with Crippen molar-refractivity contribution in [2.24, 2.45) is 0 Å². The van der Waals surface area contributed by atoms with Crippen LogP contribution in [0.2, 0.25) is 0 Å². The number of para-hydroxylation sites is 1. The average molecular weight is 340 g/mol. The Labute approximate surface area is 143 Å². The molecule has 25 heavy (non-hydrogen) atoms. The number of benzene rings is 1. The lowest BCUT2D eigenvalue weighted by Gasteiger charge is -2.04. The highest BCUT2D eigenvalue weighted by atomic mass is 16.5. The molecule has 7 heteroatoms. The number of carbonyl (C=O) groups is 2. The monoisotopic (exact) mass is 340 g/mol. The summed E-state index contributed by atoms with van der Waals surface area (Å²) in [6.07, 6.45) is 0. The average Bonchev–Trinajstić information content (AvgIpc) is 3.27. The lowest BCUT2D eigenvalue weighted by Crippen LogP contribution is -2.41. The molecular formula is C18H16N2O5. The maximum absolute atomic E-state index is 12.0. The van der Waals surface area contributed by atoms with Crippen molar-refractivity contribution in [1.82, 2.24) is 10.9 Å². The van der Waals surface area contributed by atoms with E-state index in [1.165, 1.54) is 12.1 Å². The van der Waals surface area contributed by atoms with Gasteiger partial charge < -0.3 is 13.6 Å². The Morgan fingerprint density at radius 3 is 2.16 bits per heavy atom. The molecule has 7 nitrogen and oxygen atoms in total. The van der Waals surface area contributed by atoms with Gasteiger partial charge in [-0.05, 0) is 43.3 Å². The second-order valence-corrected chi connectivity index (χ2v) is 5.19. The summed E-state index contributed by atoms with van der Waals surface area (Å²) in [5.74, 6) is 0.818. The summed E-state index contributed by atoms with van der Waals surface area (Å²) in [5.41, 5.74) is 4.51. The fourth-order valence-corrected chi connectivity index (χ4v) is 2.04. The number of carbonyl (C=O) groups excluding carboxylic acids is 2. The Bertz CT molecular complexity index is 866. The number of aryl methyl sites for hydroxylation is 1. The van der Waals surface area contributed by atoms with E-state index in [-0.39, 0.29) is 18.1 Å². The van der Waals surface area contributed by atoms with E-state index >= 15 is 0 Å². The van der Waals surface area contributed by atoms with Crippen LogP contribution in [0.25, 0.3) is 0 Å². The molecule has 3 rings (SSSR count). The molecule has 2 amide bonds. The molecule has 0 bridgehead atoms. The Balaban J connectivity index is 1.51. The van der Waals surface area contributed by atoms with Crippen LogP contribution in [0.15, 0.2) is 63.4 Å². The second kappa shape index (κ2) is 7.39. The van der Waals surface area contributed by atoms with Gasteiger partial charge in [0.25, 0.3) is 0 Å². The number of nitrogens with one attached hydrogen (secondary N) is 2. The number of hydrazine groups is 1. The van der Waals surface area contributed by atoms with Crippen LogP contribution < -0.4 is 15.6 Å². The maximum atomic E-state index is 12.0. The van der Waals surface area contributed by atoms with Gasteiger partial charge in [-0.3, -0.25) is 20.4 Å². The summed E-state index contributed by atoms with van der Waals surface area (Å²) in [5, 5.41) is 0. The molecule has 2 aromatic heterocycles. The highest BCUT2D eigenvalue weighted by molar-refractivity contribution is 5.96. The molecule has 2 N–H and O–H groups in total. The summed E-state index contributed by atoms with van der Waals surface area (Å²) in [7, 11) is 0. The molecule has 128 valence electrons. The van der Waals surface area contributed by atoms with Gasteiger partial charge in [0.1, 0.15) is 23.9 Å². The van der Waals surface area contributed by atoms with Crippen molar-refractivity contribution >= 4 is 11.8 Å². The molecule has 0 atom stereocenters. The largest absolute Gasteiger partial charge is 0.486 e. The van der Waals surface area contributed by atoms with Crippen molar-refractivity contribution in [2.75, 3.05) is 0 Å². The molecule has 0 aliphatic carbocycles. The Kier molecular flexibility index (Phi) is 4.84. The number of amides is 2. The SMILES string of the molecule is Cc1ccc(C(=O)NNC(=O)c2ccc(COc3ccccc3)o2)o1. The predicted octanol–water partition coefficient (Wildman–Crippen LogP) is 2.83. The molecular weight excluding hydrogens is 324 g/mol. The Morgan fingerprint density at radius 2 is 1.52 bits per heavy atom. The van der Waals surface area contributed by atoms with Crippen LogP contribution in [-0.4, -0.2) is 11.8 Å². The van der Waals surface area contributed by atoms with Crippen molar-refractivity contribution in [3.63, 3.8) is 0 Å². The molecule has 0 saturated heterocycles. The van der Waals surface area contributed by atoms with Gasteiger partial charge in [-0.15, -0.1) is 0 Å². The van der Waals surface area contributed by atoms with Crippen LogP contribution in [0.3, 0.4) is 0 Å². The van der Waals surface area contributed by atoms with E-state index in [9.17, 15) is 9.59 Å². The molecule has 0 fully saturated rings. The predicted molar refractivity (Wildman–Crippen MR) is 87.9 cm³/mol. The summed E-state index contributed by atoms with van der Waals surface area (Å²) >= 11 is 0. The van der Waals surface area contributed by atoms with Crippen molar-refractivity contribution in [3.05, 3.63) is 77.6 Å². The van der Waals surface area contributed by atoms with Gasteiger partial charge >= 0.3 is 11.8 Å². The number of furan rings is 2. The minimum absolute atomic E-state index is 0.0580. The standard InChI is InChI=1S/C18H16N2O5/c1-12-7-9-15(24-12)17(21)19-20-18(22)16-10-8-14(25-16)11-23-13-5-3-2-4-6-13/h2-10H,11H2,1H3,(H,19,21)(H,20,22). The summed E-state index contributed by atoms with van der Waals surface area (Å²) in [6, 6.07) is 15.6. The van der Waals surface area contributed by atoms with Crippen LogP contribution in [0.4, 0.5) is 0 Å². The first kappa shape index (κ1) is 16.4. The van der Waals surface area contributed by atoms with Crippen molar-refractivity contribution in [2.45, 2.75) is 13.5 Å². The lowest BCUT2D eigenvalue weighted by atomic mass is 10.3. The Morgan fingerprint density at radius 1 is 0.880 bits per heavy atom. The first-order valence-electron chi connectivity index (χ1n) is 7.55. The van der Waals surface area contributed by atoms with E-state index in [0.717, 1.165) is 0 Å². The highest BCUT2D eigenvalue weighted by Gasteiger charge is 2.14. The molecule has 0 aliphatic rings. The van der Waals surface area contributed by atoms with E-state index < -0.39 is 11.8 Å². The Hall–Kier alpha value is -3.48. The first-order chi connectivity index (χ1) is 12.1. The van der Waals surface area contributed by atoms with E-state index in [0.29, 0.717) is 17.3 Å². The molecule has 0 spiro atoms. The third kappa shape index (κ3) is 4.29. The molecule has 0 aliphatic heterocycles. The highest BCUT2D eigenvalue weighted by Crippen LogP contribution is 2.14. The van der Waals surface area contributed by atoms with Crippen LogP contribution in [0, 0.1) is 6.92 Å². The quantitative estimate of drug-likeness (QED) is 0.697. The summed E-state index contributed by atoms with van der Waals surface area (Å²) < 4.78 is 16.1. The van der Waals surface area contributed by atoms with Gasteiger partial charge in [0.15, 0.2) is 11.5 Å².